The van der Waals surface area contributed by atoms with E-state index < -0.39 is 0 Å². The summed E-state index contributed by atoms with van der Waals surface area (Å²) < 4.78 is 0. The summed E-state index contributed by atoms with van der Waals surface area (Å²) in [5.41, 5.74) is 0. The first-order chi connectivity index (χ1) is 47.5. The lowest BCUT2D eigenvalue weighted by Gasteiger charge is -2.40. The third-order valence-corrected chi connectivity index (χ3v) is 38.6. The fourth-order valence-corrected chi connectivity index (χ4v) is 33.2. The third kappa shape index (κ3) is 15.5. The topological polar surface area (TPSA) is 0 Å². The molecule has 0 aromatic heterocycles. The van der Waals surface area contributed by atoms with Crippen molar-refractivity contribution in [1.82, 2.24) is 0 Å². The predicted molar refractivity (Wildman–Crippen MR) is 405 cm³/mol. The summed E-state index contributed by atoms with van der Waals surface area (Å²) in [6.07, 6.45) is 97.2. The molecule has 96 heavy (non-hydrogen) atoms. The van der Waals surface area contributed by atoms with E-state index >= 15 is 0 Å². The first-order valence-electron chi connectivity index (χ1n) is 47.5. The second-order valence-corrected chi connectivity index (χ2v) is 43.1. The quantitative estimate of drug-likeness (QED) is 0.212. The van der Waals surface area contributed by atoms with Crippen LogP contribution in [-0.4, -0.2) is 0 Å². The van der Waals surface area contributed by atoms with Crippen LogP contribution in [0.2, 0.25) is 0 Å². The summed E-state index contributed by atoms with van der Waals surface area (Å²) in [4.78, 5) is 0. The second kappa shape index (κ2) is 31.2. The highest BCUT2D eigenvalue weighted by molar-refractivity contribution is 5.24. The highest BCUT2D eigenvalue weighted by Gasteiger charge is 2.76. The summed E-state index contributed by atoms with van der Waals surface area (Å²) in [6, 6.07) is 0. The lowest BCUT2D eigenvalue weighted by Crippen LogP contribution is -2.31. The van der Waals surface area contributed by atoms with Gasteiger partial charge in [0.2, 0.25) is 0 Å². The van der Waals surface area contributed by atoms with Gasteiger partial charge in [-0.1, -0.05) is 244 Å². The van der Waals surface area contributed by atoms with Crippen LogP contribution in [0.15, 0.2) is 0 Å². The minimum Gasteiger partial charge on any atom is -0.0530 e. The van der Waals surface area contributed by atoms with Crippen LogP contribution in [0.1, 0.15) is 398 Å². The van der Waals surface area contributed by atoms with Crippen LogP contribution >= 0.6 is 0 Å². The molecule has 0 heteroatoms. The van der Waals surface area contributed by atoms with E-state index in [0.717, 1.165) is 47.3 Å². The summed E-state index contributed by atoms with van der Waals surface area (Å²) in [5, 5.41) is 0. The highest BCUT2D eigenvalue weighted by atomic mass is 14.8. The van der Waals surface area contributed by atoms with Gasteiger partial charge < -0.3 is 0 Å². The maximum atomic E-state index is 1.64. The predicted octanol–water partition coefficient (Wildman–Crippen LogP) is 28.4. The average molecular weight is 1310 g/mol. The van der Waals surface area contributed by atoms with Gasteiger partial charge in [0.05, 0.1) is 0 Å². The van der Waals surface area contributed by atoms with E-state index in [4.69, 9.17) is 0 Å². The van der Waals surface area contributed by atoms with Crippen LogP contribution in [0.3, 0.4) is 0 Å². The molecule has 0 heterocycles. The molecule has 0 aromatic carbocycles. The van der Waals surface area contributed by atoms with Crippen molar-refractivity contribution in [2.24, 2.45) is 201 Å². The summed E-state index contributed by atoms with van der Waals surface area (Å²) in [7, 11) is 0. The van der Waals surface area contributed by atoms with Crippen molar-refractivity contribution in [1.29, 1.82) is 0 Å². The molecule has 18 unspecified atom stereocenters. The van der Waals surface area contributed by atoms with Crippen molar-refractivity contribution in [2.75, 3.05) is 0 Å². The first kappa shape index (κ1) is 67.9. The van der Waals surface area contributed by atoms with E-state index in [-0.39, 0.29) is 0 Å². The van der Waals surface area contributed by atoms with E-state index in [1.54, 1.807) is 321 Å². The van der Waals surface area contributed by atoms with Crippen LogP contribution in [0.5, 0.6) is 0 Å². The summed E-state index contributed by atoms with van der Waals surface area (Å²) in [6.45, 7) is 0. The third-order valence-electron chi connectivity index (χ3n) is 38.6. The SMILES string of the molecule is C1CC2C3C(C1)C23.C1CC2C3C1C23.C1CC2C3CCC(C3)C2C1.C1CC2CC1C1C3CCC(C3)C21.C1CC2CC1C1CC21.C1CC2CC1C1CCC21.C1CC2CCCC(C1)CC2.C1CC2CCCC(C1)CCC2.C1CCC2CCCC(C1)CC2.C1CCC2CCCC(C1)CCC2. The Morgan fingerprint density at radius 2 is 0.271 bits per heavy atom. The molecule has 31 saturated carbocycles. The Kier molecular flexibility index (Phi) is 22.1. The molecule has 18 atom stereocenters. The molecule has 0 aromatic rings. The van der Waals surface area contributed by atoms with Crippen LogP contribution < -0.4 is 0 Å². The number of fused-ring (bicyclic) bond motifs is 46. The fraction of sp³-hybridized carbons (Fsp3) is 1.00. The van der Waals surface area contributed by atoms with Crippen molar-refractivity contribution in [2.45, 2.75) is 398 Å². The van der Waals surface area contributed by atoms with E-state index in [1.165, 1.54) is 231 Å². The van der Waals surface area contributed by atoms with E-state index in [1.807, 2.05) is 0 Å². The smallest absolute Gasteiger partial charge is 0.0318 e. The largest absolute Gasteiger partial charge is 0.0530 e. The van der Waals surface area contributed by atoms with Gasteiger partial charge in [0.1, 0.15) is 0 Å². The lowest BCUT2D eigenvalue weighted by atomic mass is 9.66. The van der Waals surface area contributed by atoms with Crippen LogP contribution in [0.4, 0.5) is 0 Å². The van der Waals surface area contributed by atoms with Crippen molar-refractivity contribution >= 4 is 0 Å². The number of hydrogen-bond acceptors (Lipinski definition) is 0. The van der Waals surface area contributed by atoms with Gasteiger partial charge in [0.15, 0.2) is 0 Å². The Labute approximate surface area is 595 Å². The van der Waals surface area contributed by atoms with Gasteiger partial charge in [-0.05, 0) is 355 Å². The van der Waals surface area contributed by atoms with Crippen LogP contribution in [0.25, 0.3) is 0 Å². The Morgan fingerprint density at radius 1 is 0.0938 bits per heavy atom. The molecule has 31 fully saturated rings. The van der Waals surface area contributed by atoms with E-state index in [2.05, 4.69) is 0 Å². The van der Waals surface area contributed by atoms with Gasteiger partial charge in [-0.15, -0.1) is 0 Å². The zero-order valence-electron chi connectivity index (χ0n) is 63.5. The molecular weight excluding hydrogens is 1150 g/mol. The number of hydrogen-bond donors (Lipinski definition) is 0. The minimum absolute atomic E-state index is 1.11. The van der Waals surface area contributed by atoms with Gasteiger partial charge in [0, 0.05) is 0 Å². The van der Waals surface area contributed by atoms with Crippen molar-refractivity contribution in [3.05, 3.63) is 0 Å². The second-order valence-electron chi connectivity index (χ2n) is 43.1. The molecule has 31 rings (SSSR count). The van der Waals surface area contributed by atoms with Crippen molar-refractivity contribution in [3.63, 3.8) is 0 Å². The number of rotatable bonds is 0. The zero-order chi connectivity index (χ0) is 63.5. The van der Waals surface area contributed by atoms with Crippen LogP contribution in [-0.2, 0) is 0 Å². The van der Waals surface area contributed by atoms with E-state index in [0.29, 0.717) is 0 Å². The maximum absolute atomic E-state index is 1.64. The molecule has 0 aliphatic heterocycles. The normalized spacial score (nSPS) is 53.8. The van der Waals surface area contributed by atoms with Crippen molar-refractivity contribution in [3.8, 4) is 0 Å². The molecule has 31 aliphatic carbocycles. The maximum Gasteiger partial charge on any atom is -0.0318 e. The molecule has 0 amide bonds. The highest BCUT2D eigenvalue weighted by Crippen LogP contribution is 2.82. The van der Waals surface area contributed by atoms with Gasteiger partial charge in [-0.3, -0.25) is 0 Å². The fourth-order valence-electron chi connectivity index (χ4n) is 33.2. The molecule has 542 valence electrons. The monoisotopic (exact) mass is 1310 g/mol. The summed E-state index contributed by atoms with van der Waals surface area (Å²) >= 11 is 0. The lowest BCUT2D eigenvalue weighted by molar-refractivity contribution is 0.103. The van der Waals surface area contributed by atoms with Gasteiger partial charge in [-0.25, -0.2) is 0 Å². The van der Waals surface area contributed by atoms with Gasteiger partial charge in [0.25, 0.3) is 0 Å². The standard InChI is InChI=1S/C12H18.C12H22.2C11H20.C10H16.C10H18.C9H14.C8H12.C7H10.C6H8/c1-2-8-5-7(1)11-9-3-4-10(6-9)12(8)11;1-2-6-12-9-3-7-11(5-1)8-4-10-12;1-4-10-6-2-7-11(5-1)9-3-8-10;1-2-5-11-7-3-6-10(4-1)8-9-11;1-2-9-7-4-5-8(6-7)10(9)3-1;1-3-9-5-2-6-10(4-1)8-7-9;1-2-7-5-6(1)8-3-4-9(7)8;1-2-6-3-5(1)7-4-8(6)7;1-2-4-6-5(3-1)7(4)6;1-2-4-5-3(1)6(4)5/h7-12H,1-6H2;11-12H,1-10H2;2*10-11H,1-9H2;7-10H,1-6H2;9-10H,1-8H2;6-9H,1-5H2;5-8H,1-4H2;4-7H,1-3H2;3-6H,1-2H2. The zero-order valence-corrected chi connectivity index (χ0v) is 63.5. The Morgan fingerprint density at radius 3 is 0.490 bits per heavy atom. The Balaban J connectivity index is 0.0000000781. The Hall–Kier alpha value is 0. The molecule has 0 radical (unpaired) electrons. The van der Waals surface area contributed by atoms with E-state index in [9.17, 15) is 0 Å². The average Bonchev–Trinajstić information content (AvgIpc) is 1.47. The molecule has 0 saturated heterocycles. The first-order valence-corrected chi connectivity index (χ1v) is 47.5. The molecule has 0 nitrogen and oxygen atoms in total. The van der Waals surface area contributed by atoms with Gasteiger partial charge >= 0.3 is 0 Å². The van der Waals surface area contributed by atoms with Crippen LogP contribution in [0, 0.1) is 201 Å². The van der Waals surface area contributed by atoms with Gasteiger partial charge in [-0.2, -0.15) is 0 Å². The Bertz CT molecular complexity index is 2130. The summed E-state index contributed by atoms with van der Waals surface area (Å²) in [5.74, 6) is 41.1. The molecule has 0 spiro atoms. The van der Waals surface area contributed by atoms with Crippen molar-refractivity contribution < 1.29 is 0 Å². The minimum atomic E-state index is 1.11. The molecule has 31 aliphatic rings. The molecule has 0 N–H and O–H groups in total. The molecule has 22 bridgehead atoms. The molecular formula is C96H158.